The van der Waals surface area contributed by atoms with Crippen molar-refractivity contribution in [3.05, 3.63) is 36.5 Å². The second-order valence-electron chi connectivity index (χ2n) is 16.5. The van der Waals surface area contributed by atoms with Gasteiger partial charge in [-0.05, 0) is 51.4 Å². The highest BCUT2D eigenvalue weighted by molar-refractivity contribution is 5.76. The molecule has 0 saturated heterocycles. The van der Waals surface area contributed by atoms with Crippen molar-refractivity contribution in [2.24, 2.45) is 0 Å². The topological polar surface area (TPSA) is 69.6 Å². The fourth-order valence-corrected chi connectivity index (χ4v) is 7.43. The molecule has 0 rings (SSSR count). The maximum Gasteiger partial charge on any atom is 0.220 e. The summed E-state index contributed by atoms with van der Waals surface area (Å²) in [5, 5.41) is 23.1. The molecule has 0 spiro atoms. The molecule has 0 heterocycles. The molecule has 0 bridgehead atoms. The number of carbonyl (C=O) groups is 1. The van der Waals surface area contributed by atoms with E-state index in [1.807, 2.05) is 0 Å². The van der Waals surface area contributed by atoms with E-state index in [4.69, 9.17) is 0 Å². The quantitative estimate of drug-likeness (QED) is 0.0428. The Morgan fingerprint density at radius 2 is 0.759 bits per heavy atom. The van der Waals surface area contributed by atoms with Gasteiger partial charge in [0.25, 0.3) is 0 Å². The van der Waals surface area contributed by atoms with Crippen molar-refractivity contribution in [3.63, 3.8) is 0 Å². The Morgan fingerprint density at radius 1 is 0.444 bits per heavy atom. The molecule has 0 aromatic heterocycles. The molecule has 4 heteroatoms. The van der Waals surface area contributed by atoms with Crippen LogP contribution >= 0.6 is 0 Å². The molecule has 3 N–H and O–H groups in total. The van der Waals surface area contributed by atoms with E-state index in [-0.39, 0.29) is 12.5 Å². The monoisotopic (exact) mass is 758 g/mol. The number of amides is 1. The summed E-state index contributed by atoms with van der Waals surface area (Å²) in [5.41, 5.74) is 0. The van der Waals surface area contributed by atoms with Crippen LogP contribution in [0.4, 0.5) is 0 Å². The Kier molecular flexibility index (Phi) is 44.8. The molecule has 54 heavy (non-hydrogen) atoms. The van der Waals surface area contributed by atoms with E-state index in [1.165, 1.54) is 193 Å². The fourth-order valence-electron chi connectivity index (χ4n) is 7.43. The van der Waals surface area contributed by atoms with E-state index in [0.29, 0.717) is 12.8 Å². The van der Waals surface area contributed by atoms with Gasteiger partial charge in [-0.2, -0.15) is 0 Å². The number of hydrogen-bond donors (Lipinski definition) is 3. The molecule has 0 aliphatic carbocycles. The molecule has 4 nitrogen and oxygen atoms in total. The number of nitrogens with one attached hydrogen (secondary N) is 1. The maximum absolute atomic E-state index is 12.4. The van der Waals surface area contributed by atoms with Crippen LogP contribution in [-0.4, -0.2) is 34.9 Å². The van der Waals surface area contributed by atoms with Crippen molar-refractivity contribution >= 4 is 5.91 Å². The molecule has 0 saturated carbocycles. The summed E-state index contributed by atoms with van der Waals surface area (Å²) < 4.78 is 0. The lowest BCUT2D eigenvalue weighted by Crippen LogP contribution is -2.45. The third-order valence-corrected chi connectivity index (χ3v) is 11.2. The minimum atomic E-state index is -0.656. The lowest BCUT2D eigenvalue weighted by Gasteiger charge is -2.22. The smallest absolute Gasteiger partial charge is 0.220 e. The van der Waals surface area contributed by atoms with Crippen LogP contribution in [0.15, 0.2) is 36.5 Å². The van der Waals surface area contributed by atoms with Gasteiger partial charge in [-0.3, -0.25) is 4.79 Å². The maximum atomic E-state index is 12.4. The summed E-state index contributed by atoms with van der Waals surface area (Å²) in [6.45, 7) is 4.34. The molecule has 2 unspecified atom stereocenters. The average Bonchev–Trinajstić information content (AvgIpc) is 3.18. The van der Waals surface area contributed by atoms with Gasteiger partial charge in [0.15, 0.2) is 0 Å². The second kappa shape index (κ2) is 46.0. The highest BCUT2D eigenvalue weighted by Gasteiger charge is 2.20. The Bertz CT molecular complexity index is 821. The van der Waals surface area contributed by atoms with E-state index in [0.717, 1.165) is 38.5 Å². The summed E-state index contributed by atoms with van der Waals surface area (Å²) in [4.78, 5) is 12.4. The largest absolute Gasteiger partial charge is 0.394 e. The first-order valence-electron chi connectivity index (χ1n) is 24.2. The second-order valence-corrected chi connectivity index (χ2v) is 16.5. The van der Waals surface area contributed by atoms with Crippen molar-refractivity contribution in [3.8, 4) is 0 Å². The van der Waals surface area contributed by atoms with Gasteiger partial charge in [0.1, 0.15) is 0 Å². The zero-order chi connectivity index (χ0) is 39.3. The van der Waals surface area contributed by atoms with Gasteiger partial charge >= 0.3 is 0 Å². The van der Waals surface area contributed by atoms with Crippen LogP contribution in [0.1, 0.15) is 258 Å². The van der Waals surface area contributed by atoms with Crippen LogP contribution in [-0.2, 0) is 4.79 Å². The van der Waals surface area contributed by atoms with Crippen LogP contribution in [0, 0.1) is 0 Å². The zero-order valence-corrected chi connectivity index (χ0v) is 36.5. The summed E-state index contributed by atoms with van der Waals surface area (Å²) in [5.74, 6) is -0.0311. The first kappa shape index (κ1) is 52.6. The summed E-state index contributed by atoms with van der Waals surface area (Å²) >= 11 is 0. The predicted molar refractivity (Wildman–Crippen MR) is 239 cm³/mol. The lowest BCUT2D eigenvalue weighted by molar-refractivity contribution is -0.123. The van der Waals surface area contributed by atoms with Crippen molar-refractivity contribution in [1.82, 2.24) is 5.32 Å². The minimum Gasteiger partial charge on any atom is -0.394 e. The number of rotatable bonds is 44. The van der Waals surface area contributed by atoms with Crippen LogP contribution in [0.5, 0.6) is 0 Å². The van der Waals surface area contributed by atoms with Gasteiger partial charge in [0.2, 0.25) is 5.91 Å². The van der Waals surface area contributed by atoms with Gasteiger partial charge in [-0.15, -0.1) is 0 Å². The van der Waals surface area contributed by atoms with E-state index in [2.05, 4.69) is 55.6 Å². The van der Waals surface area contributed by atoms with E-state index in [9.17, 15) is 15.0 Å². The van der Waals surface area contributed by atoms with E-state index < -0.39 is 12.1 Å². The van der Waals surface area contributed by atoms with Crippen molar-refractivity contribution < 1.29 is 15.0 Å². The van der Waals surface area contributed by atoms with Crippen LogP contribution in [0.3, 0.4) is 0 Å². The number of aliphatic hydroxyl groups is 2. The van der Waals surface area contributed by atoms with Crippen LogP contribution < -0.4 is 5.32 Å². The average molecular weight is 758 g/mol. The van der Waals surface area contributed by atoms with Gasteiger partial charge in [-0.25, -0.2) is 0 Å². The first-order valence-corrected chi connectivity index (χ1v) is 24.2. The molecule has 0 fully saturated rings. The van der Waals surface area contributed by atoms with Gasteiger partial charge in [0.05, 0.1) is 18.8 Å². The minimum absolute atomic E-state index is 0.0311. The van der Waals surface area contributed by atoms with Crippen LogP contribution in [0.25, 0.3) is 0 Å². The van der Waals surface area contributed by atoms with Crippen LogP contribution in [0.2, 0.25) is 0 Å². The molecule has 0 aliphatic rings. The number of allylic oxidation sites excluding steroid dienone is 6. The third-order valence-electron chi connectivity index (χ3n) is 11.2. The molecular weight excluding hydrogens is 663 g/mol. The number of hydrogen-bond acceptors (Lipinski definition) is 3. The Balaban J connectivity index is 3.44. The molecule has 0 aromatic carbocycles. The van der Waals surface area contributed by atoms with Crippen molar-refractivity contribution in [1.29, 1.82) is 0 Å². The molecule has 0 radical (unpaired) electrons. The molecule has 0 aromatic rings. The predicted octanol–water partition coefficient (Wildman–Crippen LogP) is 15.4. The Hall–Kier alpha value is -1.39. The molecule has 1 amide bonds. The number of unbranched alkanes of at least 4 members (excludes halogenated alkanes) is 31. The SMILES string of the molecule is CCCCCCC/C=C\C/C=C\C/C=C\CCCCCCCCCCCCCCCCCCC(=O)NC(CO)C(O)CCCCCCCCCCCCC. The van der Waals surface area contributed by atoms with Crippen molar-refractivity contribution in [2.75, 3.05) is 6.61 Å². The van der Waals surface area contributed by atoms with Gasteiger partial charge in [-0.1, -0.05) is 237 Å². The Morgan fingerprint density at radius 3 is 1.13 bits per heavy atom. The lowest BCUT2D eigenvalue weighted by atomic mass is 10.0. The number of carbonyl (C=O) groups excluding carboxylic acids is 1. The fraction of sp³-hybridized carbons (Fsp3) is 0.860. The zero-order valence-electron chi connectivity index (χ0n) is 36.5. The molecular formula is C50H95NO3. The highest BCUT2D eigenvalue weighted by Crippen LogP contribution is 2.16. The molecule has 318 valence electrons. The van der Waals surface area contributed by atoms with Gasteiger partial charge < -0.3 is 15.5 Å². The standard InChI is InChI=1S/C50H95NO3/c1-3-5-7-9-11-13-15-16-17-18-19-20-21-22-23-24-25-26-27-28-29-30-31-32-33-34-36-38-40-42-44-46-50(54)51-48(47-52)49(53)45-43-41-39-37-35-14-12-10-8-6-4-2/h15-16,18-19,21-22,48-49,52-53H,3-14,17,20,23-47H2,1-2H3,(H,51,54)/b16-15-,19-18-,22-21-. The highest BCUT2D eigenvalue weighted by atomic mass is 16.3. The third kappa shape index (κ3) is 41.8. The summed E-state index contributed by atoms with van der Waals surface area (Å²) in [6, 6.07) is -0.533. The van der Waals surface area contributed by atoms with E-state index >= 15 is 0 Å². The molecule has 2 atom stereocenters. The Labute approximate surface area is 338 Å². The molecule has 0 aliphatic heterocycles. The normalized spacial score (nSPS) is 13.2. The van der Waals surface area contributed by atoms with Gasteiger partial charge in [0, 0.05) is 6.42 Å². The number of aliphatic hydroxyl groups excluding tert-OH is 2. The van der Waals surface area contributed by atoms with Crippen molar-refractivity contribution in [2.45, 2.75) is 270 Å². The summed E-state index contributed by atoms with van der Waals surface area (Å²) in [6.07, 6.45) is 61.0. The summed E-state index contributed by atoms with van der Waals surface area (Å²) in [7, 11) is 0. The first-order chi connectivity index (χ1) is 26.7. The van der Waals surface area contributed by atoms with E-state index in [1.54, 1.807) is 0 Å².